The van der Waals surface area contributed by atoms with E-state index in [0.29, 0.717) is 6.42 Å². The monoisotopic (exact) mass is 328 g/mol. The van der Waals surface area contributed by atoms with Crippen molar-refractivity contribution in [2.24, 2.45) is 11.7 Å². The maximum absolute atomic E-state index is 13.0. The number of nitrogens with two attached hydrogens (primary N) is 1. The molecule has 2 atom stereocenters. The van der Waals surface area contributed by atoms with Crippen molar-refractivity contribution in [2.45, 2.75) is 38.8 Å². The molecule has 2 rings (SSSR count). The van der Waals surface area contributed by atoms with Crippen LogP contribution in [0.2, 0.25) is 0 Å². The summed E-state index contributed by atoms with van der Waals surface area (Å²) in [6, 6.07) is 15.7. The number of benzene rings is 2. The summed E-state index contributed by atoms with van der Waals surface area (Å²) < 4.78 is 13.0. The lowest BCUT2D eigenvalue weighted by atomic mass is 9.95. The largest absolute Gasteiger partial charge is 0.353 e. The van der Waals surface area contributed by atoms with E-state index in [-0.39, 0.29) is 36.1 Å². The van der Waals surface area contributed by atoms with Crippen LogP contribution in [0.25, 0.3) is 0 Å². The molecular formula is C20H25FN2O. The first-order chi connectivity index (χ1) is 11.5. The van der Waals surface area contributed by atoms with Gasteiger partial charge in [0.1, 0.15) is 5.82 Å². The van der Waals surface area contributed by atoms with Gasteiger partial charge in [-0.25, -0.2) is 4.39 Å². The molecule has 0 aliphatic rings. The molecule has 128 valence electrons. The summed E-state index contributed by atoms with van der Waals surface area (Å²) in [5.74, 6) is -0.0446. The Hall–Kier alpha value is -2.20. The van der Waals surface area contributed by atoms with Gasteiger partial charge in [0.2, 0.25) is 5.91 Å². The third kappa shape index (κ3) is 5.46. The van der Waals surface area contributed by atoms with Gasteiger partial charge in [-0.15, -0.1) is 0 Å². The Kier molecular flexibility index (Phi) is 6.50. The van der Waals surface area contributed by atoms with E-state index in [9.17, 15) is 9.18 Å². The minimum Gasteiger partial charge on any atom is -0.353 e. The van der Waals surface area contributed by atoms with Gasteiger partial charge in [0.05, 0.1) is 0 Å². The highest BCUT2D eigenvalue weighted by Crippen LogP contribution is 2.15. The zero-order chi connectivity index (χ0) is 17.5. The van der Waals surface area contributed by atoms with Crippen molar-refractivity contribution in [2.75, 3.05) is 0 Å². The molecule has 0 aliphatic carbocycles. The van der Waals surface area contributed by atoms with Gasteiger partial charge in [-0.05, 0) is 35.6 Å². The molecule has 4 heteroatoms. The SMILES string of the molecule is CC(C)C(Cc1ccc(F)cc1)NC(=O)CC(N)c1ccccc1. The van der Waals surface area contributed by atoms with Crippen LogP contribution in [0.3, 0.4) is 0 Å². The second-order valence-corrected chi connectivity index (χ2v) is 6.47. The van der Waals surface area contributed by atoms with Crippen molar-refractivity contribution >= 4 is 5.91 Å². The molecular weight excluding hydrogens is 303 g/mol. The smallest absolute Gasteiger partial charge is 0.222 e. The van der Waals surface area contributed by atoms with Crippen LogP contribution in [-0.2, 0) is 11.2 Å². The number of halogens is 1. The summed E-state index contributed by atoms with van der Waals surface area (Å²) in [4.78, 5) is 12.3. The molecule has 1 amide bonds. The highest BCUT2D eigenvalue weighted by Gasteiger charge is 2.19. The van der Waals surface area contributed by atoms with E-state index in [1.165, 1.54) is 12.1 Å². The van der Waals surface area contributed by atoms with Gasteiger partial charge in [-0.1, -0.05) is 56.3 Å². The number of amides is 1. The third-order valence-electron chi connectivity index (χ3n) is 4.15. The normalized spacial score (nSPS) is 13.5. The molecule has 0 spiro atoms. The van der Waals surface area contributed by atoms with Gasteiger partial charge in [0.15, 0.2) is 0 Å². The second kappa shape index (κ2) is 8.60. The van der Waals surface area contributed by atoms with E-state index in [1.54, 1.807) is 12.1 Å². The number of hydrogen-bond acceptors (Lipinski definition) is 2. The summed E-state index contributed by atoms with van der Waals surface area (Å²) in [6.07, 6.45) is 0.918. The summed E-state index contributed by atoms with van der Waals surface area (Å²) in [5.41, 5.74) is 8.07. The van der Waals surface area contributed by atoms with Crippen molar-refractivity contribution in [3.05, 3.63) is 71.5 Å². The Balaban J connectivity index is 1.94. The van der Waals surface area contributed by atoms with E-state index < -0.39 is 0 Å². The standard InChI is InChI=1S/C20H25FN2O/c1-14(2)19(12-15-8-10-17(21)11-9-15)23-20(24)13-18(22)16-6-4-3-5-7-16/h3-11,14,18-19H,12-13,22H2,1-2H3,(H,23,24). The van der Waals surface area contributed by atoms with Crippen LogP contribution < -0.4 is 11.1 Å². The lowest BCUT2D eigenvalue weighted by Gasteiger charge is -2.23. The summed E-state index contributed by atoms with van der Waals surface area (Å²) in [5, 5.41) is 3.07. The predicted molar refractivity (Wildman–Crippen MR) is 94.9 cm³/mol. The zero-order valence-corrected chi connectivity index (χ0v) is 14.2. The third-order valence-corrected chi connectivity index (χ3v) is 4.15. The van der Waals surface area contributed by atoms with Crippen LogP contribution in [0.5, 0.6) is 0 Å². The number of nitrogens with one attached hydrogen (secondary N) is 1. The quantitative estimate of drug-likeness (QED) is 0.816. The van der Waals surface area contributed by atoms with Crippen LogP contribution in [0.1, 0.15) is 37.4 Å². The van der Waals surface area contributed by atoms with E-state index in [2.05, 4.69) is 19.2 Å². The Bertz CT molecular complexity index is 640. The second-order valence-electron chi connectivity index (χ2n) is 6.47. The molecule has 0 fully saturated rings. The fourth-order valence-electron chi connectivity index (χ4n) is 2.61. The lowest BCUT2D eigenvalue weighted by Crippen LogP contribution is -2.41. The predicted octanol–water partition coefficient (Wildman–Crippen LogP) is 3.60. The summed E-state index contributed by atoms with van der Waals surface area (Å²) >= 11 is 0. The highest BCUT2D eigenvalue weighted by atomic mass is 19.1. The maximum Gasteiger partial charge on any atom is 0.222 e. The first kappa shape index (κ1) is 18.1. The zero-order valence-electron chi connectivity index (χ0n) is 14.2. The van der Waals surface area contributed by atoms with Gasteiger partial charge >= 0.3 is 0 Å². The van der Waals surface area contributed by atoms with E-state index in [0.717, 1.165) is 11.1 Å². The Morgan fingerprint density at radius 1 is 1.08 bits per heavy atom. The first-order valence-electron chi connectivity index (χ1n) is 8.30. The number of rotatable bonds is 7. The van der Waals surface area contributed by atoms with Crippen LogP contribution in [0.4, 0.5) is 4.39 Å². The van der Waals surface area contributed by atoms with Crippen LogP contribution in [0.15, 0.2) is 54.6 Å². The summed E-state index contributed by atoms with van der Waals surface area (Å²) in [6.45, 7) is 4.12. The van der Waals surface area contributed by atoms with Gasteiger partial charge in [-0.3, -0.25) is 4.79 Å². The van der Waals surface area contributed by atoms with Crippen molar-refractivity contribution in [1.29, 1.82) is 0 Å². The highest BCUT2D eigenvalue weighted by molar-refractivity contribution is 5.77. The molecule has 2 unspecified atom stereocenters. The van der Waals surface area contributed by atoms with E-state index in [1.807, 2.05) is 30.3 Å². The fraction of sp³-hybridized carbons (Fsp3) is 0.350. The van der Waals surface area contributed by atoms with Crippen molar-refractivity contribution in [3.63, 3.8) is 0 Å². The van der Waals surface area contributed by atoms with E-state index >= 15 is 0 Å². The van der Waals surface area contributed by atoms with Crippen molar-refractivity contribution in [3.8, 4) is 0 Å². The molecule has 3 N–H and O–H groups in total. The molecule has 0 bridgehead atoms. The summed E-state index contributed by atoms with van der Waals surface area (Å²) in [7, 11) is 0. The molecule has 24 heavy (non-hydrogen) atoms. The fourth-order valence-corrected chi connectivity index (χ4v) is 2.61. The maximum atomic E-state index is 13.0. The van der Waals surface area contributed by atoms with Gasteiger partial charge < -0.3 is 11.1 Å². The Morgan fingerprint density at radius 2 is 1.71 bits per heavy atom. The number of carbonyl (C=O) groups excluding carboxylic acids is 1. The first-order valence-corrected chi connectivity index (χ1v) is 8.30. The minimum absolute atomic E-state index is 0.00839. The van der Waals surface area contributed by atoms with Crippen LogP contribution in [-0.4, -0.2) is 11.9 Å². The molecule has 2 aromatic carbocycles. The molecule has 0 heterocycles. The molecule has 3 nitrogen and oxygen atoms in total. The van der Waals surface area contributed by atoms with Gasteiger partial charge in [-0.2, -0.15) is 0 Å². The molecule has 0 aromatic heterocycles. The molecule has 2 aromatic rings. The van der Waals surface area contributed by atoms with Gasteiger partial charge in [0, 0.05) is 18.5 Å². The molecule has 0 saturated carbocycles. The lowest BCUT2D eigenvalue weighted by molar-refractivity contribution is -0.122. The van der Waals surface area contributed by atoms with Crippen molar-refractivity contribution < 1.29 is 9.18 Å². The van der Waals surface area contributed by atoms with Crippen molar-refractivity contribution in [1.82, 2.24) is 5.32 Å². The average molecular weight is 328 g/mol. The molecule has 0 aliphatic heterocycles. The minimum atomic E-state index is -0.315. The van der Waals surface area contributed by atoms with Crippen LogP contribution >= 0.6 is 0 Å². The van der Waals surface area contributed by atoms with Gasteiger partial charge in [0.25, 0.3) is 0 Å². The number of carbonyl (C=O) groups is 1. The Labute approximate surface area is 143 Å². The van der Waals surface area contributed by atoms with Crippen LogP contribution in [0, 0.1) is 11.7 Å². The molecule has 0 saturated heterocycles. The molecule has 0 radical (unpaired) electrons. The topological polar surface area (TPSA) is 55.1 Å². The number of hydrogen-bond donors (Lipinski definition) is 2. The van der Waals surface area contributed by atoms with E-state index in [4.69, 9.17) is 5.73 Å². The Morgan fingerprint density at radius 3 is 2.29 bits per heavy atom. The average Bonchev–Trinajstić information content (AvgIpc) is 2.56.